The lowest BCUT2D eigenvalue weighted by Gasteiger charge is -2.11. The number of hydrogen-bond donors (Lipinski definition) is 3. The van der Waals surface area contributed by atoms with Gasteiger partial charge in [0, 0.05) is 24.5 Å². The molecule has 0 saturated heterocycles. The molecule has 2 heterocycles. The van der Waals surface area contributed by atoms with Crippen LogP contribution in [0.2, 0.25) is 0 Å². The van der Waals surface area contributed by atoms with Crippen molar-refractivity contribution in [3.63, 3.8) is 0 Å². The maximum Gasteiger partial charge on any atom is 0.416 e. The van der Waals surface area contributed by atoms with Crippen LogP contribution in [-0.2, 0) is 6.18 Å². The fourth-order valence-electron chi connectivity index (χ4n) is 2.79. The Morgan fingerprint density at radius 3 is 2.45 bits per heavy atom. The number of rotatable bonds is 6. The van der Waals surface area contributed by atoms with Gasteiger partial charge in [0.1, 0.15) is 5.82 Å². The number of alkyl halides is 3. The maximum atomic E-state index is 12.7. The summed E-state index contributed by atoms with van der Waals surface area (Å²) < 4.78 is 39.9. The van der Waals surface area contributed by atoms with E-state index < -0.39 is 17.8 Å². The van der Waals surface area contributed by atoms with Crippen LogP contribution in [0.5, 0.6) is 0 Å². The first-order valence-corrected chi connectivity index (χ1v) is 9.48. The molecule has 2 aromatic heterocycles. The molecule has 0 aliphatic rings. The summed E-state index contributed by atoms with van der Waals surface area (Å²) in [6.45, 7) is 6.46. The molecule has 164 valence electrons. The first-order valence-electron chi connectivity index (χ1n) is 9.48. The zero-order valence-electron chi connectivity index (χ0n) is 17.2. The van der Waals surface area contributed by atoms with Crippen molar-refractivity contribution in [1.29, 1.82) is 0 Å². The molecule has 3 aromatic rings. The number of urea groups is 1. The second kappa shape index (κ2) is 9.02. The smallest absolute Gasteiger partial charge is 0.367 e. The number of nitrogens with one attached hydrogen (secondary N) is 3. The number of anilines is 2. The number of nitrogens with zero attached hydrogens (tertiary/aromatic N) is 4. The Morgan fingerprint density at radius 1 is 1.06 bits per heavy atom. The molecule has 1 aromatic carbocycles. The number of amides is 2. The van der Waals surface area contributed by atoms with Crippen molar-refractivity contribution in [3.05, 3.63) is 58.9 Å². The summed E-state index contributed by atoms with van der Waals surface area (Å²) in [4.78, 5) is 11.9. The van der Waals surface area contributed by atoms with Gasteiger partial charge in [0.2, 0.25) is 0 Å². The van der Waals surface area contributed by atoms with Crippen LogP contribution >= 0.6 is 0 Å². The van der Waals surface area contributed by atoms with E-state index in [9.17, 15) is 18.0 Å². The molecule has 0 unspecified atom stereocenters. The minimum Gasteiger partial charge on any atom is -0.367 e. The van der Waals surface area contributed by atoms with Crippen molar-refractivity contribution >= 4 is 17.5 Å². The van der Waals surface area contributed by atoms with Crippen LogP contribution in [0.3, 0.4) is 0 Å². The summed E-state index contributed by atoms with van der Waals surface area (Å²) in [6, 6.07) is 7.35. The summed E-state index contributed by atoms with van der Waals surface area (Å²) in [6.07, 6.45) is -4.47. The van der Waals surface area contributed by atoms with Crippen LogP contribution in [0, 0.1) is 20.8 Å². The van der Waals surface area contributed by atoms with E-state index in [4.69, 9.17) is 0 Å². The number of halogens is 3. The third kappa shape index (κ3) is 5.50. The molecule has 0 radical (unpaired) electrons. The standard InChI is InChI=1S/C20H22F3N7O/c1-12-13(2)29-30(14(12)3)18-8-7-17(27-28-18)24-9-10-25-19(31)26-16-6-4-5-15(11-16)20(21,22)23/h4-8,11H,9-10H2,1-3H3,(H,24,27)(H2,25,26,31). The van der Waals surface area contributed by atoms with E-state index in [1.54, 1.807) is 16.8 Å². The van der Waals surface area contributed by atoms with Crippen molar-refractivity contribution in [3.8, 4) is 5.82 Å². The topological polar surface area (TPSA) is 96.8 Å². The predicted octanol–water partition coefficient (Wildman–Crippen LogP) is 3.84. The van der Waals surface area contributed by atoms with Crippen LogP contribution in [0.4, 0.5) is 29.5 Å². The second-order valence-electron chi connectivity index (χ2n) is 6.87. The summed E-state index contributed by atoms with van der Waals surface area (Å²) in [7, 11) is 0. The van der Waals surface area contributed by atoms with Crippen LogP contribution in [0.1, 0.15) is 22.5 Å². The van der Waals surface area contributed by atoms with E-state index in [2.05, 4.69) is 31.2 Å². The van der Waals surface area contributed by atoms with Crippen LogP contribution in [0.15, 0.2) is 36.4 Å². The SMILES string of the molecule is Cc1nn(-c2ccc(NCCNC(=O)Nc3cccc(C(F)(F)F)c3)nn2)c(C)c1C. The number of benzene rings is 1. The summed E-state index contributed by atoms with van der Waals surface area (Å²) in [5, 5.41) is 20.6. The van der Waals surface area contributed by atoms with Gasteiger partial charge in [-0.1, -0.05) is 6.07 Å². The first kappa shape index (κ1) is 22.1. The fourth-order valence-corrected chi connectivity index (χ4v) is 2.79. The average Bonchev–Trinajstić information content (AvgIpc) is 2.98. The highest BCUT2D eigenvalue weighted by Crippen LogP contribution is 2.30. The van der Waals surface area contributed by atoms with E-state index in [-0.39, 0.29) is 12.2 Å². The maximum absolute atomic E-state index is 12.7. The van der Waals surface area contributed by atoms with Crippen LogP contribution in [0.25, 0.3) is 5.82 Å². The molecule has 0 aliphatic heterocycles. The molecule has 3 rings (SSSR count). The van der Waals surface area contributed by atoms with Gasteiger partial charge in [-0.05, 0) is 56.7 Å². The number of carbonyl (C=O) groups excluding carboxylic acids is 1. The van der Waals surface area contributed by atoms with Gasteiger partial charge in [-0.2, -0.15) is 18.3 Å². The molecular weight excluding hydrogens is 411 g/mol. The normalized spacial score (nSPS) is 11.3. The van der Waals surface area contributed by atoms with Crippen LogP contribution in [-0.4, -0.2) is 39.1 Å². The second-order valence-corrected chi connectivity index (χ2v) is 6.87. The quantitative estimate of drug-likeness (QED) is 0.514. The number of hydrogen-bond acceptors (Lipinski definition) is 5. The van der Waals surface area contributed by atoms with E-state index >= 15 is 0 Å². The van der Waals surface area contributed by atoms with Crippen molar-refractivity contribution < 1.29 is 18.0 Å². The monoisotopic (exact) mass is 433 g/mol. The molecular formula is C20H22F3N7O. The Labute approximate surface area is 176 Å². The van der Waals surface area contributed by atoms with Crippen molar-refractivity contribution in [1.82, 2.24) is 25.3 Å². The van der Waals surface area contributed by atoms with Gasteiger partial charge in [-0.25, -0.2) is 9.48 Å². The van der Waals surface area contributed by atoms with E-state index in [1.807, 2.05) is 20.8 Å². The van der Waals surface area contributed by atoms with Crippen molar-refractivity contribution in [2.75, 3.05) is 23.7 Å². The Morgan fingerprint density at radius 2 is 1.84 bits per heavy atom. The van der Waals surface area contributed by atoms with E-state index in [0.29, 0.717) is 18.2 Å². The van der Waals surface area contributed by atoms with Gasteiger partial charge in [0.25, 0.3) is 0 Å². The van der Waals surface area contributed by atoms with Crippen molar-refractivity contribution in [2.24, 2.45) is 0 Å². The molecule has 0 bridgehead atoms. The van der Waals surface area contributed by atoms with Crippen molar-refractivity contribution in [2.45, 2.75) is 26.9 Å². The highest BCUT2D eigenvalue weighted by atomic mass is 19.4. The molecule has 0 aliphatic carbocycles. The third-order valence-corrected chi connectivity index (χ3v) is 4.69. The summed E-state index contributed by atoms with van der Waals surface area (Å²) in [5.74, 6) is 1.11. The molecule has 31 heavy (non-hydrogen) atoms. The zero-order chi connectivity index (χ0) is 22.6. The largest absolute Gasteiger partial charge is 0.416 e. The van der Waals surface area contributed by atoms with Gasteiger partial charge >= 0.3 is 12.2 Å². The number of aryl methyl sites for hydroxylation is 1. The number of aromatic nitrogens is 4. The lowest BCUT2D eigenvalue weighted by molar-refractivity contribution is -0.137. The Hall–Kier alpha value is -3.63. The Balaban J connectivity index is 1.46. The molecule has 3 N–H and O–H groups in total. The summed E-state index contributed by atoms with van der Waals surface area (Å²) >= 11 is 0. The molecule has 11 heteroatoms. The van der Waals surface area contributed by atoms with Gasteiger partial charge in [0.05, 0.1) is 11.3 Å². The molecule has 8 nitrogen and oxygen atoms in total. The highest BCUT2D eigenvalue weighted by Gasteiger charge is 2.30. The fraction of sp³-hybridized carbons (Fsp3) is 0.300. The molecule has 0 saturated carbocycles. The van der Waals surface area contributed by atoms with Gasteiger partial charge < -0.3 is 16.0 Å². The number of carbonyl (C=O) groups is 1. The highest BCUT2D eigenvalue weighted by molar-refractivity contribution is 5.89. The minimum absolute atomic E-state index is 0.0566. The zero-order valence-corrected chi connectivity index (χ0v) is 17.2. The molecule has 0 spiro atoms. The Bertz CT molecular complexity index is 1060. The third-order valence-electron chi connectivity index (χ3n) is 4.69. The molecule has 2 amide bonds. The van der Waals surface area contributed by atoms with E-state index in [1.165, 1.54) is 12.1 Å². The molecule has 0 fully saturated rings. The predicted molar refractivity (Wildman–Crippen MR) is 110 cm³/mol. The first-order chi connectivity index (χ1) is 14.6. The van der Waals surface area contributed by atoms with Gasteiger partial charge in [0.15, 0.2) is 5.82 Å². The lowest BCUT2D eigenvalue weighted by Crippen LogP contribution is -2.32. The van der Waals surface area contributed by atoms with Gasteiger partial charge in [-0.3, -0.25) is 0 Å². The van der Waals surface area contributed by atoms with Crippen LogP contribution < -0.4 is 16.0 Å². The van der Waals surface area contributed by atoms with E-state index in [0.717, 1.165) is 29.1 Å². The summed E-state index contributed by atoms with van der Waals surface area (Å²) in [5.41, 5.74) is 2.24. The average molecular weight is 433 g/mol. The minimum atomic E-state index is -4.47. The lowest BCUT2D eigenvalue weighted by atomic mass is 10.2. The Kier molecular flexibility index (Phi) is 6.42. The van der Waals surface area contributed by atoms with Gasteiger partial charge in [-0.15, -0.1) is 10.2 Å². The molecule has 0 atom stereocenters.